The van der Waals surface area contributed by atoms with Crippen LogP contribution in [0.25, 0.3) is 0 Å². The van der Waals surface area contributed by atoms with E-state index in [9.17, 15) is 0 Å². The summed E-state index contributed by atoms with van der Waals surface area (Å²) in [6.45, 7) is 7.40. The fourth-order valence-electron chi connectivity index (χ4n) is 3.23. The van der Waals surface area contributed by atoms with Crippen molar-refractivity contribution in [2.75, 3.05) is 27.3 Å². The minimum Gasteiger partial charge on any atom is -0.493 e. The van der Waals surface area contributed by atoms with Gasteiger partial charge >= 0.3 is 0 Å². The summed E-state index contributed by atoms with van der Waals surface area (Å²) in [7, 11) is 3.35. The number of nitrogens with zero attached hydrogens (tertiary/aromatic N) is 3. The molecule has 2 heterocycles. The van der Waals surface area contributed by atoms with E-state index in [0.29, 0.717) is 6.54 Å². The van der Waals surface area contributed by atoms with Crippen LogP contribution in [-0.2, 0) is 25.9 Å². The van der Waals surface area contributed by atoms with Crippen LogP contribution >= 0.6 is 11.3 Å². The van der Waals surface area contributed by atoms with E-state index in [1.807, 2.05) is 0 Å². The van der Waals surface area contributed by atoms with Gasteiger partial charge < -0.3 is 19.7 Å². The van der Waals surface area contributed by atoms with Crippen molar-refractivity contribution in [3.8, 4) is 11.5 Å². The number of thiazole rings is 1. The maximum Gasteiger partial charge on any atom is 0.194 e. The first-order valence-corrected chi connectivity index (χ1v) is 10.3. The molecule has 0 bridgehead atoms. The Kier molecular flexibility index (Phi) is 6.55. The van der Waals surface area contributed by atoms with Gasteiger partial charge in [0, 0.05) is 25.0 Å². The molecule has 0 radical (unpaired) electrons. The van der Waals surface area contributed by atoms with Crippen LogP contribution in [0.1, 0.15) is 35.7 Å². The number of nitrogens with one attached hydrogen (secondary N) is 1. The molecule has 27 heavy (non-hydrogen) atoms. The number of fused-ring (bicyclic) bond motifs is 1. The number of aliphatic imine (C=N–C) groups is 1. The van der Waals surface area contributed by atoms with Gasteiger partial charge in [0.05, 0.1) is 31.5 Å². The van der Waals surface area contributed by atoms with Crippen molar-refractivity contribution in [2.45, 2.75) is 39.8 Å². The first-order valence-electron chi connectivity index (χ1n) is 9.38. The molecule has 1 N–H and O–H groups in total. The second-order valence-electron chi connectivity index (χ2n) is 6.40. The third-order valence-corrected chi connectivity index (χ3v) is 5.69. The van der Waals surface area contributed by atoms with E-state index in [2.05, 4.69) is 46.6 Å². The number of rotatable bonds is 6. The highest BCUT2D eigenvalue weighted by Gasteiger charge is 2.21. The molecule has 3 rings (SSSR count). The molecule has 146 valence electrons. The quantitative estimate of drug-likeness (QED) is 0.608. The minimum absolute atomic E-state index is 0.605. The lowest BCUT2D eigenvalue weighted by Crippen LogP contribution is -2.44. The van der Waals surface area contributed by atoms with Gasteiger partial charge in [-0.25, -0.2) is 9.98 Å². The summed E-state index contributed by atoms with van der Waals surface area (Å²) < 4.78 is 10.9. The lowest BCUT2D eigenvalue weighted by Gasteiger charge is -2.32. The van der Waals surface area contributed by atoms with Crippen LogP contribution in [0.3, 0.4) is 0 Å². The fraction of sp³-hybridized carbons (Fsp3) is 0.500. The molecule has 0 amide bonds. The van der Waals surface area contributed by atoms with Gasteiger partial charge in [-0.15, -0.1) is 11.3 Å². The Morgan fingerprint density at radius 1 is 1.22 bits per heavy atom. The molecule has 0 atom stereocenters. The summed E-state index contributed by atoms with van der Waals surface area (Å²) in [5, 5.41) is 6.69. The smallest absolute Gasteiger partial charge is 0.194 e. The number of ether oxygens (including phenoxy) is 2. The van der Waals surface area contributed by atoms with Crippen LogP contribution in [-0.4, -0.2) is 43.2 Å². The average molecular weight is 389 g/mol. The average Bonchev–Trinajstić information content (AvgIpc) is 3.17. The summed E-state index contributed by atoms with van der Waals surface area (Å²) in [5.74, 6) is 2.50. The Morgan fingerprint density at radius 3 is 2.59 bits per heavy atom. The molecule has 1 aromatic carbocycles. The van der Waals surface area contributed by atoms with Crippen molar-refractivity contribution in [1.82, 2.24) is 15.2 Å². The second-order valence-corrected chi connectivity index (χ2v) is 7.35. The van der Waals surface area contributed by atoms with Gasteiger partial charge in [0.1, 0.15) is 0 Å². The van der Waals surface area contributed by atoms with Gasteiger partial charge in [0.15, 0.2) is 17.5 Å². The molecule has 6 nitrogen and oxygen atoms in total. The highest BCUT2D eigenvalue weighted by Crippen LogP contribution is 2.33. The van der Waals surface area contributed by atoms with E-state index >= 15 is 0 Å². The Balaban J connectivity index is 1.78. The number of methoxy groups -OCH3 is 2. The van der Waals surface area contributed by atoms with Crippen molar-refractivity contribution >= 4 is 17.3 Å². The Labute approximate surface area is 165 Å². The van der Waals surface area contributed by atoms with Crippen molar-refractivity contribution in [3.05, 3.63) is 39.3 Å². The molecule has 2 aromatic rings. The van der Waals surface area contributed by atoms with Gasteiger partial charge in [-0.2, -0.15) is 0 Å². The number of hydrogen-bond donors (Lipinski definition) is 1. The zero-order chi connectivity index (χ0) is 19.2. The third-order valence-electron chi connectivity index (χ3n) is 4.65. The monoisotopic (exact) mass is 388 g/mol. The largest absolute Gasteiger partial charge is 0.493 e. The SMILES string of the molecule is CCNC(=NCc1csc(CC)n1)N1CCc2cc(OC)c(OC)cc2C1. The Bertz CT molecular complexity index is 803. The van der Waals surface area contributed by atoms with E-state index < -0.39 is 0 Å². The zero-order valence-electron chi connectivity index (χ0n) is 16.5. The van der Waals surface area contributed by atoms with E-state index in [0.717, 1.165) is 60.6 Å². The van der Waals surface area contributed by atoms with Crippen LogP contribution in [0.15, 0.2) is 22.5 Å². The lowest BCUT2D eigenvalue weighted by molar-refractivity contribution is 0.346. The van der Waals surface area contributed by atoms with Crippen LogP contribution in [0.4, 0.5) is 0 Å². The third kappa shape index (κ3) is 4.53. The van der Waals surface area contributed by atoms with Gasteiger partial charge in [-0.3, -0.25) is 0 Å². The van der Waals surface area contributed by atoms with Crippen LogP contribution in [0.2, 0.25) is 0 Å². The highest BCUT2D eigenvalue weighted by molar-refractivity contribution is 7.09. The van der Waals surface area contributed by atoms with Crippen molar-refractivity contribution in [2.24, 2.45) is 4.99 Å². The predicted octanol–water partition coefficient (Wildman–Crippen LogP) is 3.25. The maximum absolute atomic E-state index is 5.47. The van der Waals surface area contributed by atoms with Crippen molar-refractivity contribution in [1.29, 1.82) is 0 Å². The summed E-state index contributed by atoms with van der Waals surface area (Å²) in [5.41, 5.74) is 3.61. The summed E-state index contributed by atoms with van der Waals surface area (Å²) >= 11 is 1.71. The molecule has 0 fully saturated rings. The predicted molar refractivity (Wildman–Crippen MR) is 110 cm³/mol. The summed E-state index contributed by atoms with van der Waals surface area (Å²) in [6, 6.07) is 4.18. The zero-order valence-corrected chi connectivity index (χ0v) is 17.4. The highest BCUT2D eigenvalue weighted by atomic mass is 32.1. The Hall–Kier alpha value is -2.28. The maximum atomic E-state index is 5.47. The number of hydrogen-bond acceptors (Lipinski definition) is 5. The molecule has 1 aliphatic heterocycles. The molecular formula is C20H28N4O2S. The topological polar surface area (TPSA) is 59.0 Å². The van der Waals surface area contributed by atoms with E-state index in [1.165, 1.54) is 11.1 Å². The van der Waals surface area contributed by atoms with Gasteiger partial charge in [-0.1, -0.05) is 6.92 Å². The van der Waals surface area contributed by atoms with Crippen LogP contribution in [0, 0.1) is 0 Å². The summed E-state index contributed by atoms with van der Waals surface area (Å²) in [6.07, 6.45) is 1.93. The first kappa shape index (κ1) is 19.5. The van der Waals surface area contributed by atoms with E-state index in [-0.39, 0.29) is 0 Å². The normalized spacial score (nSPS) is 14.1. The van der Waals surface area contributed by atoms with Crippen molar-refractivity contribution in [3.63, 3.8) is 0 Å². The van der Waals surface area contributed by atoms with Crippen LogP contribution < -0.4 is 14.8 Å². The van der Waals surface area contributed by atoms with Gasteiger partial charge in [-0.05, 0) is 43.0 Å². The minimum atomic E-state index is 0.605. The molecule has 7 heteroatoms. The molecular weight excluding hydrogens is 360 g/mol. The standard InChI is InChI=1S/C20H28N4O2S/c1-5-19-23-16(13-27-19)11-22-20(21-6-2)24-8-7-14-9-17(25-3)18(26-4)10-15(14)12-24/h9-10,13H,5-8,11-12H2,1-4H3,(H,21,22). The molecule has 0 aliphatic carbocycles. The molecule has 0 unspecified atom stereocenters. The molecule has 1 aliphatic rings. The summed E-state index contributed by atoms with van der Waals surface area (Å²) in [4.78, 5) is 11.7. The number of aryl methyl sites for hydroxylation is 1. The molecule has 0 spiro atoms. The number of benzene rings is 1. The molecule has 0 saturated heterocycles. The molecule has 1 aromatic heterocycles. The molecule has 0 saturated carbocycles. The lowest BCUT2D eigenvalue weighted by atomic mass is 9.99. The van der Waals surface area contributed by atoms with Gasteiger partial charge in [0.2, 0.25) is 0 Å². The number of guanidine groups is 1. The van der Waals surface area contributed by atoms with E-state index in [1.54, 1.807) is 25.6 Å². The van der Waals surface area contributed by atoms with Crippen LogP contribution in [0.5, 0.6) is 11.5 Å². The van der Waals surface area contributed by atoms with Crippen molar-refractivity contribution < 1.29 is 9.47 Å². The second kappa shape index (κ2) is 9.08. The number of aromatic nitrogens is 1. The van der Waals surface area contributed by atoms with Gasteiger partial charge in [0.25, 0.3) is 0 Å². The first-order chi connectivity index (χ1) is 13.2. The Morgan fingerprint density at radius 2 is 1.96 bits per heavy atom. The fourth-order valence-corrected chi connectivity index (χ4v) is 3.97. The van der Waals surface area contributed by atoms with E-state index in [4.69, 9.17) is 14.5 Å².